The van der Waals surface area contributed by atoms with Crippen molar-refractivity contribution in [2.45, 2.75) is 32.0 Å². The van der Waals surface area contributed by atoms with E-state index >= 15 is 0 Å². The minimum absolute atomic E-state index is 0.130. The number of carboxylic acid groups (broad SMARTS) is 1. The van der Waals surface area contributed by atoms with Gasteiger partial charge < -0.3 is 10.0 Å². The van der Waals surface area contributed by atoms with Gasteiger partial charge in [-0.1, -0.05) is 0 Å². The van der Waals surface area contributed by atoms with Crippen LogP contribution < -0.4 is 4.90 Å². The summed E-state index contributed by atoms with van der Waals surface area (Å²) in [6.07, 6.45) is -2.73. The van der Waals surface area contributed by atoms with E-state index in [0.29, 0.717) is 18.3 Å². The third kappa shape index (κ3) is 2.83. The lowest BCUT2D eigenvalue weighted by atomic mass is 10.1. The van der Waals surface area contributed by atoms with Gasteiger partial charge in [0.05, 0.1) is 11.1 Å². The van der Waals surface area contributed by atoms with E-state index in [2.05, 4.69) is 0 Å². The third-order valence-electron chi connectivity index (χ3n) is 3.38. The van der Waals surface area contributed by atoms with E-state index in [1.165, 1.54) is 6.07 Å². The predicted molar refractivity (Wildman–Crippen MR) is 64.4 cm³/mol. The molecule has 0 bridgehead atoms. The molecule has 1 unspecified atom stereocenters. The Morgan fingerprint density at radius 2 is 2.05 bits per heavy atom. The quantitative estimate of drug-likeness (QED) is 0.897. The van der Waals surface area contributed by atoms with Gasteiger partial charge in [0, 0.05) is 18.3 Å². The molecular weight excluding hydrogens is 259 g/mol. The lowest BCUT2D eigenvalue weighted by molar-refractivity contribution is -0.137. The van der Waals surface area contributed by atoms with Crippen molar-refractivity contribution in [3.63, 3.8) is 0 Å². The van der Waals surface area contributed by atoms with Gasteiger partial charge in [-0.15, -0.1) is 0 Å². The van der Waals surface area contributed by atoms with E-state index < -0.39 is 17.7 Å². The maximum atomic E-state index is 12.8. The number of aromatic carboxylic acids is 1. The number of nitrogens with zero attached hydrogens (tertiary/aromatic N) is 1. The first-order valence-electron chi connectivity index (χ1n) is 6.01. The van der Waals surface area contributed by atoms with Crippen LogP contribution >= 0.6 is 0 Å². The van der Waals surface area contributed by atoms with Gasteiger partial charge in [0.25, 0.3) is 0 Å². The van der Waals surface area contributed by atoms with Crippen molar-refractivity contribution in [1.29, 1.82) is 0 Å². The molecule has 1 heterocycles. The molecule has 104 valence electrons. The highest BCUT2D eigenvalue weighted by atomic mass is 19.4. The summed E-state index contributed by atoms with van der Waals surface area (Å²) in [5.41, 5.74) is -0.914. The van der Waals surface area contributed by atoms with E-state index in [1.807, 2.05) is 11.8 Å². The molecule has 1 fully saturated rings. The molecule has 2 rings (SSSR count). The van der Waals surface area contributed by atoms with Gasteiger partial charge in [-0.2, -0.15) is 13.2 Å². The number of carbonyl (C=O) groups is 1. The number of rotatable bonds is 2. The molecule has 1 atom stereocenters. The molecule has 0 aromatic heterocycles. The van der Waals surface area contributed by atoms with Crippen molar-refractivity contribution in [3.8, 4) is 0 Å². The second-order valence-electron chi connectivity index (χ2n) is 4.76. The van der Waals surface area contributed by atoms with Crippen LogP contribution in [-0.4, -0.2) is 23.7 Å². The molecule has 0 amide bonds. The lowest BCUT2D eigenvalue weighted by Gasteiger charge is -2.25. The topological polar surface area (TPSA) is 40.5 Å². The van der Waals surface area contributed by atoms with Crippen LogP contribution in [0.4, 0.5) is 18.9 Å². The van der Waals surface area contributed by atoms with Crippen LogP contribution in [0.15, 0.2) is 18.2 Å². The van der Waals surface area contributed by atoms with E-state index in [9.17, 15) is 18.0 Å². The molecule has 6 heteroatoms. The summed E-state index contributed by atoms with van der Waals surface area (Å²) in [5, 5.41) is 8.92. The zero-order valence-corrected chi connectivity index (χ0v) is 10.4. The number of benzene rings is 1. The third-order valence-corrected chi connectivity index (χ3v) is 3.38. The van der Waals surface area contributed by atoms with E-state index in [4.69, 9.17) is 5.11 Å². The first kappa shape index (κ1) is 13.7. The second kappa shape index (κ2) is 4.75. The smallest absolute Gasteiger partial charge is 0.416 e. The molecule has 0 spiro atoms. The Hall–Kier alpha value is -1.72. The van der Waals surface area contributed by atoms with Gasteiger partial charge in [-0.3, -0.25) is 0 Å². The molecule has 1 saturated heterocycles. The molecule has 1 aromatic rings. The maximum Gasteiger partial charge on any atom is 0.416 e. The standard InChI is InChI=1S/C13H14F3NO2/c1-8-3-2-4-17(8)11-6-9(12(18)19)5-10(7-11)13(14,15)16/h5-8H,2-4H2,1H3,(H,18,19). The van der Waals surface area contributed by atoms with Gasteiger partial charge in [-0.25, -0.2) is 4.79 Å². The Kier molecular flexibility index (Phi) is 3.43. The summed E-state index contributed by atoms with van der Waals surface area (Å²) < 4.78 is 38.4. The van der Waals surface area contributed by atoms with E-state index in [-0.39, 0.29) is 11.6 Å². The van der Waals surface area contributed by atoms with Crippen molar-refractivity contribution >= 4 is 11.7 Å². The summed E-state index contributed by atoms with van der Waals surface area (Å²) >= 11 is 0. The zero-order valence-electron chi connectivity index (χ0n) is 10.4. The normalized spacial score (nSPS) is 19.8. The summed E-state index contributed by atoms with van der Waals surface area (Å²) in [5.74, 6) is -1.35. The van der Waals surface area contributed by atoms with Crippen molar-refractivity contribution < 1.29 is 23.1 Å². The SMILES string of the molecule is CC1CCCN1c1cc(C(=O)O)cc(C(F)(F)F)c1. The molecule has 19 heavy (non-hydrogen) atoms. The number of anilines is 1. The Balaban J connectivity index is 2.48. The van der Waals surface area contributed by atoms with Crippen LogP contribution in [0.1, 0.15) is 35.7 Å². The minimum atomic E-state index is -4.54. The van der Waals surface area contributed by atoms with Crippen LogP contribution in [0.2, 0.25) is 0 Å². The molecule has 1 N–H and O–H groups in total. The average Bonchev–Trinajstić information content (AvgIpc) is 2.73. The first-order chi connectivity index (χ1) is 8.79. The Morgan fingerprint density at radius 1 is 1.37 bits per heavy atom. The lowest BCUT2D eigenvalue weighted by Crippen LogP contribution is -2.27. The van der Waals surface area contributed by atoms with Crippen molar-refractivity contribution in [3.05, 3.63) is 29.3 Å². The van der Waals surface area contributed by atoms with Gasteiger partial charge in [-0.05, 0) is 38.0 Å². The monoisotopic (exact) mass is 273 g/mol. The summed E-state index contributed by atoms with van der Waals surface area (Å²) in [6.45, 7) is 2.58. The first-order valence-corrected chi connectivity index (χ1v) is 6.01. The molecular formula is C13H14F3NO2. The fraction of sp³-hybridized carbons (Fsp3) is 0.462. The largest absolute Gasteiger partial charge is 0.478 e. The Labute approximate surface area is 108 Å². The fourth-order valence-electron chi connectivity index (χ4n) is 2.38. The highest BCUT2D eigenvalue weighted by molar-refractivity contribution is 5.89. The van der Waals surface area contributed by atoms with Crippen LogP contribution in [-0.2, 0) is 6.18 Å². The van der Waals surface area contributed by atoms with Crippen molar-refractivity contribution in [2.24, 2.45) is 0 Å². The maximum absolute atomic E-state index is 12.8. The van der Waals surface area contributed by atoms with Gasteiger partial charge >= 0.3 is 12.1 Å². The fourth-order valence-corrected chi connectivity index (χ4v) is 2.38. The number of hydrogen-bond acceptors (Lipinski definition) is 2. The van der Waals surface area contributed by atoms with Crippen molar-refractivity contribution in [2.75, 3.05) is 11.4 Å². The van der Waals surface area contributed by atoms with Crippen LogP contribution in [0, 0.1) is 0 Å². The summed E-state index contributed by atoms with van der Waals surface area (Å²) in [4.78, 5) is 12.8. The van der Waals surface area contributed by atoms with Crippen LogP contribution in [0.5, 0.6) is 0 Å². The molecule has 1 aliphatic heterocycles. The van der Waals surface area contributed by atoms with E-state index in [1.54, 1.807) is 0 Å². The zero-order chi connectivity index (χ0) is 14.2. The molecule has 1 aliphatic rings. The highest BCUT2D eigenvalue weighted by Crippen LogP contribution is 2.35. The number of alkyl halides is 3. The number of halogens is 3. The van der Waals surface area contributed by atoms with Crippen LogP contribution in [0.3, 0.4) is 0 Å². The molecule has 0 saturated carbocycles. The second-order valence-corrected chi connectivity index (χ2v) is 4.76. The molecule has 3 nitrogen and oxygen atoms in total. The van der Waals surface area contributed by atoms with Gasteiger partial charge in [0.1, 0.15) is 0 Å². The van der Waals surface area contributed by atoms with E-state index in [0.717, 1.165) is 18.9 Å². The molecule has 0 aliphatic carbocycles. The predicted octanol–water partition coefficient (Wildman–Crippen LogP) is 3.39. The summed E-state index contributed by atoms with van der Waals surface area (Å²) in [6, 6.07) is 3.13. The summed E-state index contributed by atoms with van der Waals surface area (Å²) in [7, 11) is 0. The molecule has 0 radical (unpaired) electrons. The van der Waals surface area contributed by atoms with Gasteiger partial charge in [0.15, 0.2) is 0 Å². The average molecular weight is 273 g/mol. The Bertz CT molecular complexity index is 499. The van der Waals surface area contributed by atoms with Crippen LogP contribution in [0.25, 0.3) is 0 Å². The molecule has 1 aromatic carbocycles. The Morgan fingerprint density at radius 3 is 2.53 bits per heavy atom. The number of hydrogen-bond donors (Lipinski definition) is 1. The minimum Gasteiger partial charge on any atom is -0.478 e. The van der Waals surface area contributed by atoms with Crippen molar-refractivity contribution in [1.82, 2.24) is 0 Å². The number of carboxylic acids is 1. The highest BCUT2D eigenvalue weighted by Gasteiger charge is 2.33. The van der Waals surface area contributed by atoms with Gasteiger partial charge in [0.2, 0.25) is 0 Å².